The molecule has 0 spiro atoms. The Labute approximate surface area is 90.9 Å². The Balaban J connectivity index is 1.95. The van der Waals surface area contributed by atoms with E-state index in [9.17, 15) is 0 Å². The van der Waals surface area contributed by atoms with Crippen LogP contribution in [0.1, 0.15) is 12.8 Å². The summed E-state index contributed by atoms with van der Waals surface area (Å²) in [4.78, 5) is 15.0. The SMILES string of the molecule is Clc1nc(OCC2CC2)c2[nH]cnc2n1. The number of nitrogens with one attached hydrogen (secondary N) is 1. The van der Waals surface area contributed by atoms with Crippen LogP contribution in [0.5, 0.6) is 5.88 Å². The van der Waals surface area contributed by atoms with Crippen molar-refractivity contribution in [1.29, 1.82) is 0 Å². The molecule has 0 saturated heterocycles. The molecule has 1 saturated carbocycles. The van der Waals surface area contributed by atoms with Gasteiger partial charge in [-0.15, -0.1) is 0 Å². The fourth-order valence-corrected chi connectivity index (χ4v) is 1.52. The Morgan fingerprint density at radius 2 is 2.33 bits per heavy atom. The minimum absolute atomic E-state index is 0.167. The first-order valence-electron chi connectivity index (χ1n) is 4.82. The summed E-state index contributed by atoms with van der Waals surface area (Å²) in [5.74, 6) is 1.17. The van der Waals surface area contributed by atoms with E-state index in [1.807, 2.05) is 0 Å². The first-order valence-corrected chi connectivity index (χ1v) is 5.20. The van der Waals surface area contributed by atoms with Crippen molar-refractivity contribution in [3.63, 3.8) is 0 Å². The van der Waals surface area contributed by atoms with Crippen LogP contribution in [0.2, 0.25) is 5.28 Å². The summed E-state index contributed by atoms with van der Waals surface area (Å²) >= 11 is 5.76. The molecule has 0 radical (unpaired) electrons. The van der Waals surface area contributed by atoms with Crippen molar-refractivity contribution in [2.45, 2.75) is 12.8 Å². The molecule has 1 N–H and O–H groups in total. The van der Waals surface area contributed by atoms with Gasteiger partial charge in [0.2, 0.25) is 11.2 Å². The molecule has 78 valence electrons. The zero-order chi connectivity index (χ0) is 10.3. The number of imidazole rings is 1. The van der Waals surface area contributed by atoms with Crippen LogP contribution in [-0.4, -0.2) is 26.5 Å². The van der Waals surface area contributed by atoms with E-state index in [2.05, 4.69) is 19.9 Å². The Morgan fingerprint density at radius 1 is 1.47 bits per heavy atom. The molecule has 0 atom stereocenters. The van der Waals surface area contributed by atoms with Gasteiger partial charge in [0.15, 0.2) is 5.65 Å². The Bertz CT molecular complexity index is 494. The molecule has 2 heterocycles. The number of H-pyrrole nitrogens is 1. The predicted octanol–water partition coefficient (Wildman–Crippen LogP) is 1.80. The minimum Gasteiger partial charge on any atom is -0.476 e. The normalized spacial score (nSPS) is 15.8. The molecule has 0 bridgehead atoms. The zero-order valence-electron chi connectivity index (χ0n) is 7.90. The van der Waals surface area contributed by atoms with Gasteiger partial charge in [-0.05, 0) is 30.4 Å². The number of nitrogens with zero attached hydrogens (tertiary/aromatic N) is 3. The first kappa shape index (κ1) is 8.91. The molecular weight excluding hydrogens is 216 g/mol. The molecule has 3 rings (SSSR count). The summed E-state index contributed by atoms with van der Waals surface area (Å²) in [5.41, 5.74) is 1.25. The van der Waals surface area contributed by atoms with Crippen molar-refractivity contribution >= 4 is 22.8 Å². The van der Waals surface area contributed by atoms with Crippen LogP contribution >= 0.6 is 11.6 Å². The molecule has 2 aromatic heterocycles. The fraction of sp³-hybridized carbons (Fsp3) is 0.444. The summed E-state index contributed by atoms with van der Waals surface area (Å²) in [5, 5.41) is 0.167. The van der Waals surface area contributed by atoms with Crippen molar-refractivity contribution < 1.29 is 4.74 Å². The van der Waals surface area contributed by atoms with Gasteiger partial charge in [0.05, 0.1) is 12.9 Å². The van der Waals surface area contributed by atoms with E-state index in [4.69, 9.17) is 16.3 Å². The van der Waals surface area contributed by atoms with E-state index in [1.165, 1.54) is 12.8 Å². The van der Waals surface area contributed by atoms with Gasteiger partial charge in [0.25, 0.3) is 0 Å². The lowest BCUT2D eigenvalue weighted by molar-refractivity contribution is 0.291. The third-order valence-electron chi connectivity index (χ3n) is 2.38. The average molecular weight is 225 g/mol. The summed E-state index contributed by atoms with van der Waals surface area (Å²) in [6.45, 7) is 0.696. The highest BCUT2D eigenvalue weighted by Gasteiger charge is 2.23. The van der Waals surface area contributed by atoms with Gasteiger partial charge in [-0.1, -0.05) is 0 Å². The van der Waals surface area contributed by atoms with E-state index in [0.717, 1.165) is 0 Å². The second kappa shape index (κ2) is 3.34. The van der Waals surface area contributed by atoms with E-state index < -0.39 is 0 Å². The van der Waals surface area contributed by atoms with Crippen LogP contribution in [0.25, 0.3) is 11.2 Å². The van der Waals surface area contributed by atoms with Crippen molar-refractivity contribution in [3.8, 4) is 5.88 Å². The van der Waals surface area contributed by atoms with Gasteiger partial charge < -0.3 is 9.72 Å². The van der Waals surface area contributed by atoms with Gasteiger partial charge in [0, 0.05) is 0 Å². The lowest BCUT2D eigenvalue weighted by Gasteiger charge is -2.04. The third-order valence-corrected chi connectivity index (χ3v) is 2.55. The van der Waals surface area contributed by atoms with Crippen molar-refractivity contribution in [2.75, 3.05) is 6.61 Å². The van der Waals surface area contributed by atoms with Gasteiger partial charge in [-0.25, -0.2) is 4.98 Å². The molecule has 0 aliphatic heterocycles. The molecule has 1 aliphatic carbocycles. The molecule has 0 amide bonds. The topological polar surface area (TPSA) is 63.7 Å². The second-order valence-corrected chi connectivity index (χ2v) is 3.99. The van der Waals surface area contributed by atoms with Gasteiger partial charge in [-0.3, -0.25) is 0 Å². The Hall–Kier alpha value is -1.36. The smallest absolute Gasteiger partial charge is 0.244 e. The molecule has 0 aromatic carbocycles. The molecular formula is C9H9ClN4O. The molecule has 2 aromatic rings. The summed E-state index contributed by atoms with van der Waals surface area (Å²) in [6.07, 6.45) is 4.04. The third kappa shape index (κ3) is 1.74. The molecule has 0 unspecified atom stereocenters. The van der Waals surface area contributed by atoms with E-state index in [0.29, 0.717) is 29.6 Å². The van der Waals surface area contributed by atoms with Crippen molar-refractivity contribution in [2.24, 2.45) is 5.92 Å². The van der Waals surface area contributed by atoms with Crippen LogP contribution in [0.4, 0.5) is 0 Å². The first-order chi connectivity index (χ1) is 7.33. The minimum atomic E-state index is 0.167. The fourth-order valence-electron chi connectivity index (χ4n) is 1.37. The van der Waals surface area contributed by atoms with Gasteiger partial charge in [0.1, 0.15) is 5.52 Å². The van der Waals surface area contributed by atoms with Crippen molar-refractivity contribution in [3.05, 3.63) is 11.6 Å². The van der Waals surface area contributed by atoms with Crippen molar-refractivity contribution in [1.82, 2.24) is 19.9 Å². The maximum atomic E-state index is 5.76. The number of fused-ring (bicyclic) bond motifs is 1. The molecule has 6 heteroatoms. The average Bonchev–Trinajstić information content (AvgIpc) is 2.92. The number of ether oxygens (including phenoxy) is 1. The van der Waals surface area contributed by atoms with E-state index >= 15 is 0 Å². The summed E-state index contributed by atoms with van der Waals surface area (Å²) in [6, 6.07) is 0. The summed E-state index contributed by atoms with van der Waals surface area (Å²) < 4.78 is 5.58. The predicted molar refractivity (Wildman–Crippen MR) is 54.9 cm³/mol. The largest absolute Gasteiger partial charge is 0.476 e. The highest BCUT2D eigenvalue weighted by molar-refractivity contribution is 6.28. The maximum absolute atomic E-state index is 5.76. The molecule has 15 heavy (non-hydrogen) atoms. The Kier molecular flexibility index (Phi) is 1.98. The number of rotatable bonds is 3. The Morgan fingerprint density at radius 3 is 3.13 bits per heavy atom. The van der Waals surface area contributed by atoms with E-state index in [-0.39, 0.29) is 5.28 Å². The van der Waals surface area contributed by atoms with Crippen LogP contribution in [-0.2, 0) is 0 Å². The number of hydrogen-bond donors (Lipinski definition) is 1. The summed E-state index contributed by atoms with van der Waals surface area (Å²) in [7, 11) is 0. The lowest BCUT2D eigenvalue weighted by atomic mass is 10.4. The highest BCUT2D eigenvalue weighted by atomic mass is 35.5. The van der Waals surface area contributed by atoms with Crippen LogP contribution in [0, 0.1) is 5.92 Å². The molecule has 1 aliphatic rings. The molecule has 5 nitrogen and oxygen atoms in total. The standard InChI is InChI=1S/C9H9ClN4O/c10-9-13-7-6(11-4-12-7)8(14-9)15-3-5-1-2-5/h4-5H,1-3H2,(H,11,12,13,14). The monoisotopic (exact) mass is 224 g/mol. The number of hydrogen-bond acceptors (Lipinski definition) is 4. The molecule has 1 fully saturated rings. The van der Waals surface area contributed by atoms with E-state index in [1.54, 1.807) is 6.33 Å². The maximum Gasteiger partial charge on any atom is 0.244 e. The number of aromatic nitrogens is 4. The number of halogens is 1. The van der Waals surface area contributed by atoms with Crippen LogP contribution in [0.3, 0.4) is 0 Å². The lowest BCUT2D eigenvalue weighted by Crippen LogP contribution is -2.02. The van der Waals surface area contributed by atoms with Gasteiger partial charge >= 0.3 is 0 Å². The van der Waals surface area contributed by atoms with Crippen LogP contribution < -0.4 is 4.74 Å². The highest BCUT2D eigenvalue weighted by Crippen LogP contribution is 2.30. The van der Waals surface area contributed by atoms with Crippen LogP contribution in [0.15, 0.2) is 6.33 Å². The second-order valence-electron chi connectivity index (χ2n) is 3.65. The van der Waals surface area contributed by atoms with Gasteiger partial charge in [-0.2, -0.15) is 9.97 Å². The zero-order valence-corrected chi connectivity index (χ0v) is 8.66. The number of aromatic amines is 1. The quantitative estimate of drug-likeness (QED) is 0.808.